The second kappa shape index (κ2) is 7.53. The van der Waals surface area contributed by atoms with Gasteiger partial charge in [0.2, 0.25) is 6.79 Å². The van der Waals surface area contributed by atoms with Gasteiger partial charge in [0.25, 0.3) is 5.91 Å². The third-order valence-electron chi connectivity index (χ3n) is 6.17. The lowest BCUT2D eigenvalue weighted by Gasteiger charge is -2.52. The van der Waals surface area contributed by atoms with E-state index in [1.165, 1.54) is 0 Å². The number of anilines is 2. The largest absolute Gasteiger partial charge is 0.454 e. The van der Waals surface area contributed by atoms with E-state index in [9.17, 15) is 9.59 Å². The summed E-state index contributed by atoms with van der Waals surface area (Å²) in [6.45, 7) is 4.04. The van der Waals surface area contributed by atoms with Crippen molar-refractivity contribution in [2.75, 3.05) is 36.6 Å². The Morgan fingerprint density at radius 1 is 1.16 bits per heavy atom. The summed E-state index contributed by atoms with van der Waals surface area (Å²) < 4.78 is 10.7. The van der Waals surface area contributed by atoms with E-state index in [0.717, 1.165) is 12.2 Å². The molecule has 0 radical (unpaired) electrons. The molecule has 3 aliphatic rings. The van der Waals surface area contributed by atoms with Crippen molar-refractivity contribution in [3.63, 3.8) is 0 Å². The third-order valence-corrected chi connectivity index (χ3v) is 6.41. The predicted octanol–water partition coefficient (Wildman–Crippen LogP) is 3.66. The van der Waals surface area contributed by atoms with E-state index in [0.29, 0.717) is 53.7 Å². The maximum Gasteiger partial charge on any atom is 0.321 e. The van der Waals surface area contributed by atoms with Gasteiger partial charge in [-0.25, -0.2) is 4.79 Å². The third kappa shape index (κ3) is 3.40. The van der Waals surface area contributed by atoms with Crippen molar-refractivity contribution in [2.24, 2.45) is 0 Å². The summed E-state index contributed by atoms with van der Waals surface area (Å²) in [6.07, 6.45) is 1.26. The molecule has 3 amide bonds. The minimum atomic E-state index is -0.512. The molecule has 1 spiro atoms. The molecule has 9 heteroatoms. The number of benzene rings is 2. The number of carbonyl (C=O) groups is 2. The molecule has 162 valence electrons. The Hall–Kier alpha value is -3.13. The highest BCUT2D eigenvalue weighted by Gasteiger charge is 2.45. The highest BCUT2D eigenvalue weighted by Crippen LogP contribution is 2.38. The van der Waals surface area contributed by atoms with Crippen LogP contribution in [0.3, 0.4) is 0 Å². The Labute approximate surface area is 185 Å². The molecule has 1 saturated heterocycles. The number of halogens is 1. The average Bonchev–Trinajstić information content (AvgIpc) is 3.23. The summed E-state index contributed by atoms with van der Waals surface area (Å²) >= 11 is 6.10. The second-order valence-electron chi connectivity index (χ2n) is 7.88. The van der Waals surface area contributed by atoms with Crippen LogP contribution in [0.4, 0.5) is 16.2 Å². The molecule has 2 aromatic rings. The summed E-state index contributed by atoms with van der Waals surface area (Å²) in [4.78, 5) is 29.6. The Morgan fingerprint density at radius 2 is 1.94 bits per heavy atom. The van der Waals surface area contributed by atoms with E-state index in [-0.39, 0.29) is 18.7 Å². The molecule has 0 aromatic heterocycles. The number of rotatable bonds is 2. The summed E-state index contributed by atoms with van der Waals surface area (Å²) in [5.41, 5.74) is 1.61. The van der Waals surface area contributed by atoms with Crippen molar-refractivity contribution in [1.29, 1.82) is 0 Å². The van der Waals surface area contributed by atoms with Crippen molar-refractivity contribution < 1.29 is 19.1 Å². The fourth-order valence-corrected chi connectivity index (χ4v) is 4.80. The molecule has 8 nitrogen and oxygen atoms in total. The number of urea groups is 1. The van der Waals surface area contributed by atoms with Gasteiger partial charge in [0, 0.05) is 49.3 Å². The first-order chi connectivity index (χ1) is 15.0. The summed E-state index contributed by atoms with van der Waals surface area (Å²) in [6, 6.07) is 10.6. The Bertz CT molecular complexity index is 1050. The maximum absolute atomic E-state index is 12.8. The smallest absolute Gasteiger partial charge is 0.321 e. The molecule has 3 aliphatic heterocycles. The zero-order chi connectivity index (χ0) is 21.6. The minimum Gasteiger partial charge on any atom is -0.454 e. The molecule has 0 aliphatic carbocycles. The lowest BCUT2D eigenvalue weighted by atomic mass is 9.90. The lowest BCUT2D eigenvalue weighted by Crippen LogP contribution is -2.68. The molecule has 0 atom stereocenters. The van der Waals surface area contributed by atoms with E-state index in [2.05, 4.69) is 22.5 Å². The highest BCUT2D eigenvalue weighted by atomic mass is 35.5. The second-order valence-corrected chi connectivity index (χ2v) is 8.31. The number of ether oxygens (including phenoxy) is 2. The highest BCUT2D eigenvalue weighted by molar-refractivity contribution is 6.31. The van der Waals surface area contributed by atoms with Gasteiger partial charge in [-0.15, -0.1) is 0 Å². The molecule has 3 heterocycles. The Balaban J connectivity index is 1.29. The lowest BCUT2D eigenvalue weighted by molar-refractivity contribution is 0.0808. The molecule has 0 saturated carbocycles. The van der Waals surface area contributed by atoms with Crippen LogP contribution in [-0.2, 0) is 0 Å². The van der Waals surface area contributed by atoms with Crippen LogP contribution in [-0.4, -0.2) is 48.9 Å². The molecule has 5 rings (SSSR count). The van der Waals surface area contributed by atoms with E-state index in [1.54, 1.807) is 29.2 Å². The van der Waals surface area contributed by atoms with Gasteiger partial charge in [-0.2, -0.15) is 0 Å². The van der Waals surface area contributed by atoms with E-state index in [1.807, 2.05) is 12.1 Å². The van der Waals surface area contributed by atoms with Crippen LogP contribution in [0.25, 0.3) is 0 Å². The number of amides is 3. The van der Waals surface area contributed by atoms with Crippen LogP contribution in [0.15, 0.2) is 36.4 Å². The number of hydrogen-bond donors (Lipinski definition) is 2. The number of likely N-dealkylation sites (tertiary alicyclic amines) is 1. The van der Waals surface area contributed by atoms with Crippen LogP contribution in [0.2, 0.25) is 5.02 Å². The van der Waals surface area contributed by atoms with Gasteiger partial charge in [-0.1, -0.05) is 11.6 Å². The first-order valence-corrected chi connectivity index (χ1v) is 10.7. The first-order valence-electron chi connectivity index (χ1n) is 10.3. The molecule has 1 fully saturated rings. The van der Waals surface area contributed by atoms with Crippen molar-refractivity contribution in [1.82, 2.24) is 10.2 Å². The molecule has 31 heavy (non-hydrogen) atoms. The number of fused-ring (bicyclic) bond motifs is 2. The Morgan fingerprint density at radius 3 is 2.71 bits per heavy atom. The normalized spacial score (nSPS) is 18.6. The predicted molar refractivity (Wildman–Crippen MR) is 117 cm³/mol. The molecule has 0 unspecified atom stereocenters. The van der Waals surface area contributed by atoms with Crippen molar-refractivity contribution in [3.8, 4) is 11.5 Å². The summed E-state index contributed by atoms with van der Waals surface area (Å²) in [5.74, 6) is 1.17. The minimum absolute atomic E-state index is 0.125. The van der Waals surface area contributed by atoms with Gasteiger partial charge in [-0.05, 0) is 37.3 Å². The van der Waals surface area contributed by atoms with Crippen LogP contribution in [0.1, 0.15) is 30.1 Å². The van der Waals surface area contributed by atoms with Crippen molar-refractivity contribution >= 4 is 34.9 Å². The van der Waals surface area contributed by atoms with Gasteiger partial charge < -0.3 is 29.9 Å². The number of nitrogens with zero attached hydrogens (tertiary/aromatic N) is 2. The number of hydrogen-bond acceptors (Lipinski definition) is 5. The fourth-order valence-electron chi connectivity index (χ4n) is 4.63. The Kier molecular flexibility index (Phi) is 4.81. The fraction of sp³-hybridized carbons (Fsp3) is 0.364. The van der Waals surface area contributed by atoms with Gasteiger partial charge >= 0.3 is 6.03 Å². The van der Waals surface area contributed by atoms with Crippen molar-refractivity contribution in [2.45, 2.75) is 25.4 Å². The standard InChI is InChI=1S/C22H23ClN4O4/c1-2-27-17-5-3-14(23)11-16(17)20(28)25-22(27)7-9-26(10-8-22)21(29)24-15-4-6-18-19(12-15)31-13-30-18/h3-6,11-12H,2,7-10,13H2,1H3,(H,24,29)(H,25,28). The molecule has 2 N–H and O–H groups in total. The van der Waals surface area contributed by atoms with Gasteiger partial charge in [-0.3, -0.25) is 4.79 Å². The SMILES string of the molecule is CCN1c2ccc(Cl)cc2C(=O)NC12CCN(C(=O)Nc1ccc3c(c1)OCO3)CC2. The van der Waals surface area contributed by atoms with Gasteiger partial charge in [0.15, 0.2) is 11.5 Å². The van der Waals surface area contributed by atoms with Crippen molar-refractivity contribution in [3.05, 3.63) is 47.0 Å². The quantitative estimate of drug-likeness (QED) is 0.741. The topological polar surface area (TPSA) is 83.1 Å². The molecule has 2 aromatic carbocycles. The maximum atomic E-state index is 12.8. The number of carbonyl (C=O) groups excluding carboxylic acids is 2. The zero-order valence-electron chi connectivity index (χ0n) is 17.1. The van der Waals surface area contributed by atoms with E-state index in [4.69, 9.17) is 21.1 Å². The van der Waals surface area contributed by atoms with E-state index >= 15 is 0 Å². The van der Waals surface area contributed by atoms with E-state index < -0.39 is 5.66 Å². The number of piperidine rings is 1. The average molecular weight is 443 g/mol. The van der Waals surface area contributed by atoms with Crippen LogP contribution in [0, 0.1) is 0 Å². The monoisotopic (exact) mass is 442 g/mol. The molecule has 0 bridgehead atoms. The van der Waals surface area contributed by atoms with Crippen LogP contribution in [0.5, 0.6) is 11.5 Å². The van der Waals surface area contributed by atoms with Gasteiger partial charge in [0.05, 0.1) is 11.3 Å². The van der Waals surface area contributed by atoms with Gasteiger partial charge in [0.1, 0.15) is 5.66 Å². The zero-order valence-corrected chi connectivity index (χ0v) is 17.9. The molecular weight excluding hydrogens is 420 g/mol. The first kappa shape index (κ1) is 19.8. The number of nitrogens with one attached hydrogen (secondary N) is 2. The summed E-state index contributed by atoms with van der Waals surface area (Å²) in [7, 11) is 0. The molecular formula is C22H23ClN4O4. The van der Waals surface area contributed by atoms with Crippen LogP contribution >= 0.6 is 11.6 Å². The summed E-state index contributed by atoms with van der Waals surface area (Å²) in [5, 5.41) is 6.66. The van der Waals surface area contributed by atoms with Crippen LogP contribution < -0.4 is 25.0 Å².